The smallest absolute Gasteiger partial charge is 0.422 e. The molecule has 1 aromatic heterocycles. The molecular weight excluding hydrogens is 379 g/mol. The zero-order valence-electron chi connectivity index (χ0n) is 14.5. The Labute approximate surface area is 159 Å². The Bertz CT molecular complexity index is 758. The highest BCUT2D eigenvalue weighted by atomic mass is 32.1. The van der Waals surface area contributed by atoms with Crippen molar-refractivity contribution in [2.45, 2.75) is 12.7 Å². The van der Waals surface area contributed by atoms with Gasteiger partial charge in [-0.3, -0.25) is 0 Å². The summed E-state index contributed by atoms with van der Waals surface area (Å²) in [5.74, 6) is 0.541. The Morgan fingerprint density at radius 3 is 2.63 bits per heavy atom. The van der Waals surface area contributed by atoms with Gasteiger partial charge in [0, 0.05) is 43.3 Å². The summed E-state index contributed by atoms with van der Waals surface area (Å²) in [5.41, 5.74) is 6.64. The van der Waals surface area contributed by atoms with Crippen LogP contribution >= 0.6 is 11.3 Å². The van der Waals surface area contributed by atoms with Crippen LogP contribution in [0, 0.1) is 0 Å². The number of hydrogen-bond donors (Lipinski definition) is 1. The summed E-state index contributed by atoms with van der Waals surface area (Å²) < 4.78 is 42.0. The average Bonchev–Trinajstić information content (AvgIpc) is 3.19. The number of thiazole rings is 1. The predicted molar refractivity (Wildman–Crippen MR) is 99.2 cm³/mol. The van der Waals surface area contributed by atoms with E-state index in [0.717, 1.165) is 18.2 Å². The third kappa shape index (κ3) is 5.49. The average molecular weight is 399 g/mol. The molecule has 0 radical (unpaired) electrons. The molecule has 146 valence electrons. The number of rotatable bonds is 5. The minimum Gasteiger partial charge on any atom is -0.484 e. The number of benzene rings is 1. The van der Waals surface area contributed by atoms with Crippen LogP contribution in [0.5, 0.6) is 5.75 Å². The summed E-state index contributed by atoms with van der Waals surface area (Å²) in [5, 5.41) is 2.93. The second-order valence-corrected chi connectivity index (χ2v) is 6.85. The van der Waals surface area contributed by atoms with Gasteiger partial charge in [0.2, 0.25) is 0 Å². The van der Waals surface area contributed by atoms with Crippen molar-refractivity contribution in [1.29, 1.82) is 0 Å². The van der Waals surface area contributed by atoms with Gasteiger partial charge >= 0.3 is 6.18 Å². The van der Waals surface area contributed by atoms with E-state index in [1.54, 1.807) is 35.7 Å². The maximum Gasteiger partial charge on any atom is 0.422 e. The van der Waals surface area contributed by atoms with E-state index in [1.165, 1.54) is 6.07 Å². The van der Waals surface area contributed by atoms with E-state index in [-0.39, 0.29) is 12.3 Å². The van der Waals surface area contributed by atoms with E-state index in [2.05, 4.69) is 14.9 Å². The second-order valence-electron chi connectivity index (χ2n) is 5.97. The highest BCUT2D eigenvalue weighted by Gasteiger charge is 2.28. The molecule has 27 heavy (non-hydrogen) atoms. The molecule has 0 spiro atoms. The first-order valence-electron chi connectivity index (χ1n) is 8.39. The molecular formula is C17H20F3N5OS. The molecule has 1 saturated heterocycles. The lowest BCUT2D eigenvalue weighted by atomic mass is 10.2. The van der Waals surface area contributed by atoms with Crippen molar-refractivity contribution >= 4 is 22.4 Å². The summed E-state index contributed by atoms with van der Waals surface area (Å²) in [6.45, 7) is 1.82. The number of para-hydroxylation sites is 1. The largest absolute Gasteiger partial charge is 0.484 e. The first-order valence-corrected chi connectivity index (χ1v) is 9.27. The van der Waals surface area contributed by atoms with Crippen molar-refractivity contribution in [3.63, 3.8) is 0 Å². The first-order chi connectivity index (χ1) is 12.9. The first kappa shape index (κ1) is 19.3. The molecule has 1 aromatic carbocycles. The molecule has 10 heteroatoms. The molecule has 6 nitrogen and oxygen atoms in total. The third-order valence-corrected chi connectivity index (χ3v) is 4.90. The fourth-order valence-electron chi connectivity index (χ4n) is 2.70. The highest BCUT2D eigenvalue weighted by Crippen LogP contribution is 2.23. The Morgan fingerprint density at radius 1 is 1.22 bits per heavy atom. The molecule has 1 aliphatic heterocycles. The molecule has 0 aliphatic carbocycles. The van der Waals surface area contributed by atoms with Crippen molar-refractivity contribution in [2.75, 3.05) is 37.7 Å². The normalized spacial score (nSPS) is 15.9. The van der Waals surface area contributed by atoms with E-state index in [9.17, 15) is 13.2 Å². The second kappa shape index (κ2) is 8.47. The van der Waals surface area contributed by atoms with Crippen LogP contribution in [0.25, 0.3) is 0 Å². The van der Waals surface area contributed by atoms with Crippen LogP contribution in [-0.2, 0) is 6.54 Å². The van der Waals surface area contributed by atoms with Crippen molar-refractivity contribution in [1.82, 2.24) is 9.88 Å². The zero-order valence-corrected chi connectivity index (χ0v) is 15.3. The SMILES string of the molecule is NC(=NCc1ccccc1OCC(F)(F)F)N1CCN(c2nccs2)CC1. The van der Waals surface area contributed by atoms with Crippen molar-refractivity contribution in [3.05, 3.63) is 41.4 Å². The summed E-state index contributed by atoms with van der Waals surface area (Å²) in [6, 6.07) is 6.54. The lowest BCUT2D eigenvalue weighted by Gasteiger charge is -2.35. The lowest BCUT2D eigenvalue weighted by molar-refractivity contribution is -0.153. The third-order valence-electron chi connectivity index (χ3n) is 4.07. The summed E-state index contributed by atoms with van der Waals surface area (Å²) in [4.78, 5) is 12.8. The Hall–Kier alpha value is -2.49. The molecule has 0 atom stereocenters. The number of aromatic nitrogens is 1. The summed E-state index contributed by atoms with van der Waals surface area (Å²) in [6.07, 6.45) is -2.60. The van der Waals surface area contributed by atoms with Crippen LogP contribution in [0.4, 0.5) is 18.3 Å². The fraction of sp³-hybridized carbons (Fsp3) is 0.412. The fourth-order valence-corrected chi connectivity index (χ4v) is 3.40. The van der Waals surface area contributed by atoms with Gasteiger partial charge in [0.15, 0.2) is 17.7 Å². The van der Waals surface area contributed by atoms with E-state index in [1.807, 2.05) is 10.3 Å². The molecule has 0 unspecified atom stereocenters. The Morgan fingerprint density at radius 2 is 1.96 bits per heavy atom. The number of hydrogen-bond acceptors (Lipinski definition) is 5. The number of piperazine rings is 1. The Kier molecular flexibility index (Phi) is 6.04. The van der Waals surface area contributed by atoms with Crippen molar-refractivity contribution in [3.8, 4) is 5.75 Å². The molecule has 2 aromatic rings. The van der Waals surface area contributed by atoms with Crippen LogP contribution in [0.3, 0.4) is 0 Å². The molecule has 3 rings (SSSR count). The predicted octanol–water partition coefficient (Wildman–Crippen LogP) is 2.72. The maximum atomic E-state index is 12.4. The van der Waals surface area contributed by atoms with E-state index < -0.39 is 12.8 Å². The standard InChI is InChI=1S/C17H20F3N5OS/c18-17(19,20)12-26-14-4-2-1-3-13(14)11-23-15(21)24-6-8-25(9-7-24)16-22-5-10-27-16/h1-5,10H,6-9,11-12H2,(H2,21,23). The topological polar surface area (TPSA) is 67.0 Å². The van der Waals surface area contributed by atoms with Gasteiger partial charge in [-0.15, -0.1) is 11.3 Å². The van der Waals surface area contributed by atoms with Gasteiger partial charge in [0.25, 0.3) is 0 Å². The monoisotopic (exact) mass is 399 g/mol. The van der Waals surface area contributed by atoms with Gasteiger partial charge in [-0.1, -0.05) is 18.2 Å². The molecule has 2 heterocycles. The number of alkyl halides is 3. The van der Waals surface area contributed by atoms with Gasteiger partial charge in [-0.05, 0) is 6.07 Å². The van der Waals surface area contributed by atoms with Gasteiger partial charge < -0.3 is 20.3 Å². The van der Waals surface area contributed by atoms with E-state index in [4.69, 9.17) is 10.5 Å². The van der Waals surface area contributed by atoms with Gasteiger partial charge in [-0.2, -0.15) is 13.2 Å². The highest BCUT2D eigenvalue weighted by molar-refractivity contribution is 7.13. The molecule has 1 aliphatic rings. The van der Waals surface area contributed by atoms with Gasteiger partial charge in [0.05, 0.1) is 6.54 Å². The minimum atomic E-state index is -4.38. The summed E-state index contributed by atoms with van der Waals surface area (Å²) >= 11 is 1.60. The molecule has 1 fully saturated rings. The molecule has 0 saturated carbocycles. The number of aliphatic imine (C=N–C) groups is 1. The minimum absolute atomic E-state index is 0.159. The number of guanidine groups is 1. The number of nitrogens with two attached hydrogens (primary N) is 1. The quantitative estimate of drug-likeness (QED) is 0.619. The van der Waals surface area contributed by atoms with Crippen molar-refractivity contribution < 1.29 is 17.9 Å². The van der Waals surface area contributed by atoms with E-state index in [0.29, 0.717) is 24.6 Å². The molecule has 2 N–H and O–H groups in total. The van der Waals surface area contributed by atoms with Crippen LogP contribution in [-0.4, -0.2) is 54.8 Å². The number of halogens is 3. The number of nitrogens with zero attached hydrogens (tertiary/aromatic N) is 4. The zero-order chi connectivity index (χ0) is 19.3. The van der Waals surface area contributed by atoms with Crippen LogP contribution in [0.15, 0.2) is 40.8 Å². The van der Waals surface area contributed by atoms with E-state index >= 15 is 0 Å². The van der Waals surface area contributed by atoms with Crippen LogP contribution < -0.4 is 15.4 Å². The lowest BCUT2D eigenvalue weighted by Crippen LogP contribution is -2.51. The maximum absolute atomic E-state index is 12.4. The Balaban J connectivity index is 1.56. The van der Waals surface area contributed by atoms with Gasteiger partial charge in [0.1, 0.15) is 5.75 Å². The summed E-state index contributed by atoms with van der Waals surface area (Å²) in [7, 11) is 0. The van der Waals surface area contributed by atoms with Crippen LogP contribution in [0.1, 0.15) is 5.56 Å². The molecule has 0 amide bonds. The van der Waals surface area contributed by atoms with Crippen molar-refractivity contribution in [2.24, 2.45) is 10.7 Å². The van der Waals surface area contributed by atoms with Crippen LogP contribution in [0.2, 0.25) is 0 Å². The van der Waals surface area contributed by atoms with Gasteiger partial charge in [-0.25, -0.2) is 9.98 Å². The number of ether oxygens (including phenoxy) is 1. The molecule has 0 bridgehead atoms. The number of anilines is 1.